The highest BCUT2D eigenvalue weighted by Crippen LogP contribution is 2.32. The Labute approximate surface area is 831 Å². The number of fused-ring (bicyclic) bond motifs is 6. The molecule has 5 unspecified atom stereocenters. The first kappa shape index (κ1) is 106. The van der Waals surface area contributed by atoms with Crippen molar-refractivity contribution >= 4 is 131 Å². The molecule has 0 fully saturated rings. The van der Waals surface area contributed by atoms with E-state index in [2.05, 4.69) is 106 Å². The summed E-state index contributed by atoms with van der Waals surface area (Å²) in [6.45, 7) is 22.1. The second-order valence-corrected chi connectivity index (χ2v) is 40.8. The molecule has 34 nitrogen and oxygen atoms in total. The number of rotatable bonds is 32. The summed E-state index contributed by atoms with van der Waals surface area (Å²) in [6, 6.07) is 39.3. The van der Waals surface area contributed by atoms with Gasteiger partial charge >= 0.3 is 6.61 Å². The SMILES string of the molecule is CCOc1ccnc(CS(=O)c2nc3ccccc3[nH]2)c1C.COCCCOc1ccnc(CS(=O)c2nc3ccccc3[nH]2)c1C.COc1c(C)cnc(CS(=O)c2nc3ccc(CO)cc3[nH]2)c1C.Cc1ccnc(CS(=O)c2nc3ccc(OC(F)F)cc3[nH]2)c1CO.Cc1cnc(CS(=O)c2nc3nc(CO)ccc3[nH]2)c(C)c1C.Cc1cnc(C[S@](=O)c2nc3ccc(CO)cc3[nH]2)c(C)c1C. The number of aliphatic hydroxyl groups excluding tert-OH is 4. The number of hydrogen-bond donors (Lipinski definition) is 10. The van der Waals surface area contributed by atoms with Crippen molar-refractivity contribution in [3.63, 3.8) is 0 Å². The third-order valence-electron chi connectivity index (χ3n) is 23.1. The van der Waals surface area contributed by atoms with Gasteiger partial charge in [0.15, 0.2) is 36.6 Å². The number of aliphatic hydroxyl groups is 4. The molecule has 0 bridgehead atoms. The Kier molecular flexibility index (Phi) is 37.3. The maximum absolute atomic E-state index is 12.7. The van der Waals surface area contributed by atoms with Crippen LogP contribution in [0.25, 0.3) is 66.3 Å². The number of para-hydroxylation sites is 4. The van der Waals surface area contributed by atoms with Crippen LogP contribution in [0.3, 0.4) is 0 Å². The summed E-state index contributed by atoms with van der Waals surface area (Å²) in [5.41, 5.74) is 27.0. The molecule has 42 heteroatoms. The molecule has 0 amide bonds. The second-order valence-electron chi connectivity index (χ2n) is 32.6. The highest BCUT2D eigenvalue weighted by molar-refractivity contribution is 7.85. The van der Waals surface area contributed by atoms with Gasteiger partial charge in [-0.3, -0.25) is 55.2 Å². The number of aromatic nitrogens is 19. The van der Waals surface area contributed by atoms with Crippen LogP contribution in [0.5, 0.6) is 23.0 Å². The van der Waals surface area contributed by atoms with Gasteiger partial charge in [0.1, 0.15) is 23.0 Å². The number of hydrogen-bond acceptors (Lipinski definition) is 28. The third-order valence-corrected chi connectivity index (χ3v) is 30.1. The minimum Gasteiger partial charge on any atom is -0.496 e. The van der Waals surface area contributed by atoms with E-state index < -0.39 is 71.4 Å². The molecule has 5 aromatic carbocycles. The number of nitrogens with one attached hydrogen (secondary N) is 6. The maximum atomic E-state index is 12.7. The topological polar surface area (TPSA) is 492 Å². The van der Waals surface area contributed by atoms with Crippen molar-refractivity contribution in [3.8, 4) is 23.0 Å². The minimum atomic E-state index is -2.92. The van der Waals surface area contributed by atoms with Crippen LogP contribution in [0.15, 0.2) is 202 Å². The zero-order chi connectivity index (χ0) is 102. The fourth-order valence-electron chi connectivity index (χ4n) is 14.6. The molecule has 18 rings (SSSR count). The number of imidazole rings is 6. The molecule has 0 radical (unpaired) electrons. The van der Waals surface area contributed by atoms with Gasteiger partial charge in [-0.2, -0.15) is 8.78 Å². The van der Waals surface area contributed by atoms with Gasteiger partial charge in [0.25, 0.3) is 0 Å². The van der Waals surface area contributed by atoms with Crippen molar-refractivity contribution < 1.29 is 78.1 Å². The van der Waals surface area contributed by atoms with Crippen molar-refractivity contribution in [1.82, 2.24) is 94.7 Å². The van der Waals surface area contributed by atoms with Gasteiger partial charge in [0.2, 0.25) is 0 Å². The summed E-state index contributed by atoms with van der Waals surface area (Å²) < 4.78 is 126. The lowest BCUT2D eigenvalue weighted by atomic mass is 10.1. The average molecular weight is 2050 g/mol. The number of halogens is 2. The first-order chi connectivity index (χ1) is 68.4. The number of pyridine rings is 7. The molecular formula is C100H109F2N19O15S6. The Hall–Kier alpha value is -13.3. The van der Waals surface area contributed by atoms with E-state index in [-0.39, 0.29) is 48.8 Å². The van der Waals surface area contributed by atoms with Gasteiger partial charge < -0.3 is 74.0 Å². The van der Waals surface area contributed by atoms with Gasteiger partial charge in [0.05, 0.1) is 247 Å². The van der Waals surface area contributed by atoms with E-state index in [4.69, 9.17) is 24.1 Å². The van der Waals surface area contributed by atoms with Crippen molar-refractivity contribution in [1.29, 1.82) is 0 Å². The quantitative estimate of drug-likeness (QED) is 0.0175. The summed E-state index contributed by atoms with van der Waals surface area (Å²) in [5.74, 6) is 3.90. The second kappa shape index (κ2) is 49.9. The molecular weight excluding hydrogens is 1940 g/mol. The molecule has 744 valence electrons. The summed E-state index contributed by atoms with van der Waals surface area (Å²) in [6.07, 6.45) is 11.1. The molecule has 13 aromatic heterocycles. The molecule has 0 saturated carbocycles. The van der Waals surface area contributed by atoms with E-state index in [1.165, 1.54) is 29.3 Å². The number of benzene rings is 5. The van der Waals surface area contributed by atoms with E-state index >= 15 is 0 Å². The molecule has 0 aliphatic rings. The average Bonchev–Trinajstić information content (AvgIpc) is 1.66. The van der Waals surface area contributed by atoms with E-state index in [1.807, 2.05) is 167 Å². The van der Waals surface area contributed by atoms with Crippen LogP contribution < -0.4 is 18.9 Å². The third kappa shape index (κ3) is 26.9. The molecule has 18 aromatic rings. The van der Waals surface area contributed by atoms with E-state index in [0.717, 1.165) is 157 Å². The Balaban J connectivity index is 0.000000143. The van der Waals surface area contributed by atoms with Crippen LogP contribution in [-0.2, 0) is 130 Å². The number of aromatic amines is 6. The predicted octanol–water partition coefficient (Wildman–Crippen LogP) is 15.8. The lowest BCUT2D eigenvalue weighted by Gasteiger charge is -2.11. The molecule has 0 aliphatic heterocycles. The first-order valence-electron chi connectivity index (χ1n) is 44.7. The molecule has 142 heavy (non-hydrogen) atoms. The van der Waals surface area contributed by atoms with Crippen LogP contribution in [0, 0.1) is 76.2 Å². The normalized spacial score (nSPS) is 12.6. The fraction of sp³-hybridized carbons (Fsp3) is 0.290. The number of methoxy groups -OCH3 is 2. The van der Waals surface area contributed by atoms with Crippen molar-refractivity contribution in [2.75, 3.05) is 34.0 Å². The number of alkyl halides is 2. The van der Waals surface area contributed by atoms with E-state index in [9.17, 15) is 49.4 Å². The van der Waals surface area contributed by atoms with Crippen molar-refractivity contribution in [3.05, 3.63) is 288 Å². The molecule has 6 atom stereocenters. The molecule has 13 heterocycles. The largest absolute Gasteiger partial charge is 0.496 e. The van der Waals surface area contributed by atoms with Gasteiger partial charge in [-0.05, 0) is 224 Å². The van der Waals surface area contributed by atoms with Gasteiger partial charge in [0, 0.05) is 91.2 Å². The highest BCUT2D eigenvalue weighted by Gasteiger charge is 2.24. The van der Waals surface area contributed by atoms with E-state index in [0.29, 0.717) is 108 Å². The minimum absolute atomic E-state index is 0.00796. The van der Waals surface area contributed by atoms with Gasteiger partial charge in [-0.15, -0.1) is 0 Å². The Morgan fingerprint density at radius 2 is 0.746 bits per heavy atom. The van der Waals surface area contributed by atoms with Gasteiger partial charge in [-0.25, -0.2) is 34.9 Å². The summed E-state index contributed by atoms with van der Waals surface area (Å²) in [5, 5.41) is 39.3. The molecule has 0 spiro atoms. The summed E-state index contributed by atoms with van der Waals surface area (Å²) in [7, 11) is -4.79. The van der Waals surface area contributed by atoms with Crippen LogP contribution >= 0.6 is 0 Å². The lowest BCUT2D eigenvalue weighted by molar-refractivity contribution is -0.0497. The number of aryl methyl sites for hydroxylation is 4. The Morgan fingerprint density at radius 1 is 0.352 bits per heavy atom. The number of H-pyrrole nitrogens is 6. The van der Waals surface area contributed by atoms with Crippen molar-refractivity contribution in [2.24, 2.45) is 0 Å². The van der Waals surface area contributed by atoms with Crippen LogP contribution in [0.2, 0.25) is 0 Å². The zero-order valence-electron chi connectivity index (χ0n) is 80.4. The maximum Gasteiger partial charge on any atom is 0.387 e. The first-order valence-corrected chi connectivity index (χ1v) is 52.6. The molecule has 0 saturated heterocycles. The lowest BCUT2D eigenvalue weighted by Crippen LogP contribution is -2.06. The monoisotopic (exact) mass is 2050 g/mol. The summed E-state index contributed by atoms with van der Waals surface area (Å²) >= 11 is 0. The summed E-state index contributed by atoms with van der Waals surface area (Å²) in [4.78, 5) is 74.6. The molecule has 10 N–H and O–H groups in total. The Morgan fingerprint density at radius 3 is 1.18 bits per heavy atom. The van der Waals surface area contributed by atoms with Crippen molar-refractivity contribution in [2.45, 2.75) is 188 Å². The number of ether oxygens (including phenoxy) is 5. The van der Waals surface area contributed by atoms with Crippen LogP contribution in [0.4, 0.5) is 8.78 Å². The fourth-order valence-corrected chi connectivity index (χ4v) is 21.1. The smallest absolute Gasteiger partial charge is 0.387 e. The predicted molar refractivity (Wildman–Crippen MR) is 543 cm³/mol. The van der Waals surface area contributed by atoms with Gasteiger partial charge in [-0.1, -0.05) is 36.4 Å². The van der Waals surface area contributed by atoms with Crippen LogP contribution in [-0.4, -0.2) is 181 Å². The highest BCUT2D eigenvalue weighted by atomic mass is 32.2. The number of nitrogens with zero attached hydrogens (tertiary/aromatic N) is 13. The van der Waals surface area contributed by atoms with Crippen LogP contribution in [0.1, 0.15) is 131 Å². The Bertz CT molecular complexity index is 7450. The standard InChI is InChI=1S/C18H21N3O3S.C17H19N3O3S.C17H19N3O2S.C16H15F2N3O3S.C16H18N4O2S.C16H17N3O2S/c1-13-16(19-9-8-17(13)24-11-5-10-23-2)12-25(22)18-20-14-6-3-4-7-15(14)21-18;1-10-7-18-15(11(2)16(10)23-3)9-24(22)17-19-13-5-4-12(8-21)6-14(13)20-17;1-10-7-18-16(12(3)11(10)2)9-23(22)17-19-14-5-4-13(8-21)6-15(14)20-17;1-9-4-5-19-14(11(9)7-22)8-25(23)16-20-12-3-2-10(24-15(17)18)6-13(12)21-16;1-9-6-17-14(11(3)10(9)2)8-23(22)16-19-13-5-4-12(7-21)18-15(13)20-16;1-3-21-15-8-9-17-14(11(15)2)10-22(20)16-18-12-6-4-5-7-13(12)19-16/h3-4,6-9H,5,10-12H2,1-2H3,(H,20,21);4-7,21H,8-9H2,1-3H3,(H,19,20);4-7,21H,8-9H2,1-3H3,(H,19,20);2-6,15,22H,7-8H2,1H3,(H,20,21);4-6,21H,7-8H2,1-3H3,(H,18,19,20);4-9H,3,10H2,1-2H3,(H,18,19)/t;;23-;;;/m..0.../s1. The molecule has 0 aliphatic carbocycles. The zero-order valence-corrected chi connectivity index (χ0v) is 85.3. The van der Waals surface area contributed by atoms with E-state index in [1.54, 1.807) is 75.4 Å².